The van der Waals surface area contributed by atoms with Gasteiger partial charge >= 0.3 is 5.97 Å². The van der Waals surface area contributed by atoms with Crippen LogP contribution < -0.4 is 10.6 Å². The molecule has 8 heteroatoms. The molecule has 0 amide bonds. The summed E-state index contributed by atoms with van der Waals surface area (Å²) in [6.07, 6.45) is 3.63. The van der Waals surface area contributed by atoms with Crippen molar-refractivity contribution >= 4 is 28.7 Å². The van der Waals surface area contributed by atoms with Crippen molar-refractivity contribution in [3.63, 3.8) is 0 Å². The number of rotatable bonds is 4. The van der Waals surface area contributed by atoms with E-state index in [0.29, 0.717) is 22.4 Å². The molecule has 2 aromatic carbocycles. The predicted molar refractivity (Wildman–Crippen MR) is 143 cm³/mol. The smallest absolute Gasteiger partial charge is 0.307 e. The van der Waals surface area contributed by atoms with Crippen molar-refractivity contribution in [1.82, 2.24) is 9.78 Å². The highest BCUT2D eigenvalue weighted by molar-refractivity contribution is 6.25. The maximum absolute atomic E-state index is 13.9. The van der Waals surface area contributed by atoms with Gasteiger partial charge in [0.05, 0.1) is 30.2 Å². The maximum atomic E-state index is 13.9. The zero-order valence-corrected chi connectivity index (χ0v) is 21.8. The van der Waals surface area contributed by atoms with Gasteiger partial charge in [-0.15, -0.1) is 0 Å². The first-order valence-corrected chi connectivity index (χ1v) is 12.1. The fourth-order valence-electron chi connectivity index (χ4n) is 4.56. The van der Waals surface area contributed by atoms with E-state index in [1.165, 1.54) is 0 Å². The fourth-order valence-corrected chi connectivity index (χ4v) is 4.56. The van der Waals surface area contributed by atoms with Crippen LogP contribution in [-0.2, 0) is 21.4 Å². The average molecular weight is 498 g/mol. The van der Waals surface area contributed by atoms with Gasteiger partial charge in [-0.2, -0.15) is 10.4 Å². The highest BCUT2D eigenvalue weighted by atomic mass is 16.6. The Hall–Kier alpha value is -4.38. The minimum atomic E-state index is -0.687. The van der Waals surface area contributed by atoms with Crippen molar-refractivity contribution < 1.29 is 14.3 Å². The van der Waals surface area contributed by atoms with Crippen LogP contribution in [0.15, 0.2) is 60.6 Å². The second-order valence-electron chi connectivity index (χ2n) is 10.3. The number of aryl methyl sites for hydroxylation is 1. The standard InChI is InChI=1S/C29H31N5O3/c1-18(31)27-24-11-8-20(22-15-32-33(5)16-22)12-25(24)34(23-9-6-19(14-30)7-10-23)17-21(28(27)36)13-26(35)37-29(2,3)4/h6-12,15-16,21H,13,17,31H2,1-5H3/b27-18-. The van der Waals surface area contributed by atoms with Crippen molar-refractivity contribution in [2.75, 3.05) is 11.4 Å². The minimum Gasteiger partial charge on any atom is -0.460 e. The summed E-state index contributed by atoms with van der Waals surface area (Å²) in [6.45, 7) is 7.34. The van der Waals surface area contributed by atoms with Crippen LogP contribution in [0.5, 0.6) is 0 Å². The maximum Gasteiger partial charge on any atom is 0.307 e. The van der Waals surface area contributed by atoms with E-state index in [1.807, 2.05) is 48.5 Å². The van der Waals surface area contributed by atoms with E-state index >= 15 is 0 Å². The van der Waals surface area contributed by atoms with Crippen LogP contribution in [0.2, 0.25) is 0 Å². The van der Waals surface area contributed by atoms with Crippen molar-refractivity contribution in [2.24, 2.45) is 18.7 Å². The third-order valence-electron chi connectivity index (χ3n) is 6.15. The number of benzene rings is 2. The van der Waals surface area contributed by atoms with Gasteiger partial charge in [-0.05, 0) is 63.6 Å². The summed E-state index contributed by atoms with van der Waals surface area (Å²) < 4.78 is 7.28. The normalized spacial score (nSPS) is 17.0. The zero-order valence-electron chi connectivity index (χ0n) is 21.8. The molecule has 0 saturated heterocycles. The van der Waals surface area contributed by atoms with Gasteiger partial charge in [0.25, 0.3) is 0 Å². The summed E-state index contributed by atoms with van der Waals surface area (Å²) in [6, 6.07) is 15.2. The van der Waals surface area contributed by atoms with E-state index in [0.717, 1.165) is 22.5 Å². The number of carbonyl (C=O) groups is 2. The number of ketones is 1. The summed E-state index contributed by atoms with van der Waals surface area (Å²) in [5.41, 5.74) is 11.1. The minimum absolute atomic E-state index is 0.0802. The van der Waals surface area contributed by atoms with Crippen LogP contribution in [0.3, 0.4) is 0 Å². The number of Topliss-reactive ketones (excluding diaryl/α,β-unsaturated/α-hetero) is 1. The summed E-state index contributed by atoms with van der Waals surface area (Å²) in [5.74, 6) is -1.33. The van der Waals surface area contributed by atoms with Gasteiger partial charge in [-0.3, -0.25) is 14.3 Å². The molecule has 1 aromatic heterocycles. The lowest BCUT2D eigenvalue weighted by Gasteiger charge is -2.28. The fraction of sp³-hybridized carbons (Fsp3) is 0.310. The molecule has 0 saturated carbocycles. The molecule has 4 rings (SSSR count). The molecule has 0 bridgehead atoms. The summed E-state index contributed by atoms with van der Waals surface area (Å²) in [7, 11) is 1.86. The molecule has 0 radical (unpaired) electrons. The van der Waals surface area contributed by atoms with Gasteiger partial charge in [0.1, 0.15) is 5.60 Å². The monoisotopic (exact) mass is 497 g/mol. The Kier molecular flexibility index (Phi) is 6.90. The first-order chi connectivity index (χ1) is 17.5. The van der Waals surface area contributed by atoms with Gasteiger partial charge < -0.3 is 15.4 Å². The molecule has 2 N–H and O–H groups in total. The second kappa shape index (κ2) is 9.94. The highest BCUT2D eigenvalue weighted by Gasteiger charge is 2.36. The van der Waals surface area contributed by atoms with Crippen LogP contribution in [0.25, 0.3) is 16.7 Å². The number of ether oxygens (including phenoxy) is 1. The van der Waals surface area contributed by atoms with E-state index in [-0.39, 0.29) is 18.7 Å². The first kappa shape index (κ1) is 25.7. The Bertz CT molecular complexity index is 1420. The van der Waals surface area contributed by atoms with Crippen LogP contribution in [-0.4, -0.2) is 33.7 Å². The number of anilines is 2. The molecule has 1 aliphatic rings. The van der Waals surface area contributed by atoms with Crippen LogP contribution in [0.1, 0.15) is 45.2 Å². The zero-order chi connectivity index (χ0) is 26.9. The number of hydrogen-bond acceptors (Lipinski definition) is 7. The van der Waals surface area contributed by atoms with E-state index in [2.05, 4.69) is 11.2 Å². The third-order valence-corrected chi connectivity index (χ3v) is 6.15. The van der Waals surface area contributed by atoms with E-state index < -0.39 is 17.5 Å². The largest absolute Gasteiger partial charge is 0.460 e. The molecule has 0 spiro atoms. The van der Waals surface area contributed by atoms with Crippen LogP contribution in [0.4, 0.5) is 11.4 Å². The first-order valence-electron chi connectivity index (χ1n) is 12.1. The Balaban J connectivity index is 1.88. The Morgan fingerprint density at radius 3 is 2.46 bits per heavy atom. The lowest BCUT2D eigenvalue weighted by molar-refractivity contribution is -0.156. The van der Waals surface area contributed by atoms with Crippen molar-refractivity contribution in [2.45, 2.75) is 39.7 Å². The van der Waals surface area contributed by atoms with Gasteiger partial charge in [0.15, 0.2) is 5.78 Å². The van der Waals surface area contributed by atoms with Gasteiger partial charge in [0.2, 0.25) is 0 Å². The molecule has 0 aliphatic carbocycles. The Labute approximate surface area is 216 Å². The molecule has 1 unspecified atom stereocenters. The predicted octanol–water partition coefficient (Wildman–Crippen LogP) is 4.72. The number of aromatic nitrogens is 2. The quantitative estimate of drug-likeness (QED) is 0.410. The highest BCUT2D eigenvalue weighted by Crippen LogP contribution is 2.41. The molecule has 3 aromatic rings. The van der Waals surface area contributed by atoms with Crippen LogP contribution in [0, 0.1) is 17.2 Å². The lowest BCUT2D eigenvalue weighted by Crippen LogP contribution is -2.32. The number of fused-ring (bicyclic) bond motifs is 1. The molecule has 2 heterocycles. The van der Waals surface area contributed by atoms with Gasteiger partial charge in [-0.1, -0.05) is 12.1 Å². The van der Waals surface area contributed by atoms with Crippen LogP contribution >= 0.6 is 0 Å². The molecule has 37 heavy (non-hydrogen) atoms. The molecule has 1 aliphatic heterocycles. The summed E-state index contributed by atoms with van der Waals surface area (Å²) >= 11 is 0. The van der Waals surface area contributed by atoms with E-state index in [4.69, 9.17) is 10.5 Å². The van der Waals surface area contributed by atoms with Crippen molar-refractivity contribution in [3.05, 3.63) is 71.7 Å². The van der Waals surface area contributed by atoms with E-state index in [9.17, 15) is 14.9 Å². The number of carbonyl (C=O) groups excluding carboxylic acids is 2. The average Bonchev–Trinajstić information content (AvgIpc) is 3.22. The molecular weight excluding hydrogens is 466 g/mol. The lowest BCUT2D eigenvalue weighted by atomic mass is 9.90. The van der Waals surface area contributed by atoms with Gasteiger partial charge in [0, 0.05) is 53.6 Å². The summed E-state index contributed by atoms with van der Waals surface area (Å²) in [4.78, 5) is 28.7. The number of hydrogen-bond donors (Lipinski definition) is 1. The number of nitrogens with zero attached hydrogens (tertiary/aromatic N) is 4. The topological polar surface area (TPSA) is 114 Å². The molecule has 0 fully saturated rings. The van der Waals surface area contributed by atoms with E-state index in [1.54, 1.807) is 50.7 Å². The molecule has 8 nitrogen and oxygen atoms in total. The Morgan fingerprint density at radius 2 is 1.89 bits per heavy atom. The molecule has 1 atom stereocenters. The third kappa shape index (κ3) is 5.56. The number of nitriles is 1. The number of esters is 1. The second-order valence-corrected chi connectivity index (χ2v) is 10.3. The SMILES string of the molecule is C/C(N)=C1/C(=O)C(CC(=O)OC(C)(C)C)CN(c2ccc(C#N)cc2)c2cc(-c3cnn(C)c3)ccc21. The number of allylic oxidation sites excluding steroid dienone is 2. The van der Waals surface area contributed by atoms with Crippen molar-refractivity contribution in [3.8, 4) is 17.2 Å². The van der Waals surface area contributed by atoms with Crippen molar-refractivity contribution in [1.29, 1.82) is 5.26 Å². The molecule has 190 valence electrons. The molecular formula is C29H31N5O3. The van der Waals surface area contributed by atoms with Gasteiger partial charge in [-0.25, -0.2) is 0 Å². The number of nitrogens with two attached hydrogens (primary N) is 1. The Morgan fingerprint density at radius 1 is 1.19 bits per heavy atom. The summed E-state index contributed by atoms with van der Waals surface area (Å²) in [5, 5.41) is 13.6.